The van der Waals surface area contributed by atoms with E-state index in [2.05, 4.69) is 22.3 Å². The van der Waals surface area contributed by atoms with Gasteiger partial charge in [0.1, 0.15) is 0 Å². The molecule has 3 fully saturated rings. The molecule has 3 aliphatic rings. The molecule has 3 heterocycles. The van der Waals surface area contributed by atoms with Gasteiger partial charge in [-0.1, -0.05) is 35.5 Å². The van der Waals surface area contributed by atoms with Gasteiger partial charge in [-0.05, 0) is 31.7 Å². The highest BCUT2D eigenvalue weighted by Crippen LogP contribution is 2.46. The van der Waals surface area contributed by atoms with Crippen molar-refractivity contribution in [2.24, 2.45) is 11.8 Å². The van der Waals surface area contributed by atoms with Crippen LogP contribution >= 0.6 is 0 Å². The minimum Gasteiger partial charge on any atom is -0.341 e. The molecular formula is C22H26N4O3. The number of likely N-dealkylation sites (tertiary alicyclic amines) is 2. The molecule has 2 aromatic rings. The molecule has 7 heteroatoms. The predicted octanol–water partition coefficient (Wildman–Crippen LogP) is 1.96. The monoisotopic (exact) mass is 394 g/mol. The van der Waals surface area contributed by atoms with E-state index in [1.807, 2.05) is 28.0 Å². The van der Waals surface area contributed by atoms with Gasteiger partial charge in [0.25, 0.3) is 0 Å². The molecule has 1 aromatic carbocycles. The molecule has 152 valence electrons. The van der Waals surface area contributed by atoms with Crippen molar-refractivity contribution < 1.29 is 14.1 Å². The molecule has 0 spiro atoms. The first-order valence-corrected chi connectivity index (χ1v) is 10.5. The number of carbonyl (C=O) groups is 2. The van der Waals surface area contributed by atoms with Gasteiger partial charge in [0.05, 0.1) is 5.41 Å². The second-order valence-corrected chi connectivity index (χ2v) is 8.75. The van der Waals surface area contributed by atoms with Gasteiger partial charge in [-0.2, -0.15) is 4.98 Å². The highest BCUT2D eigenvalue weighted by Gasteiger charge is 2.59. The van der Waals surface area contributed by atoms with Crippen LogP contribution in [0.4, 0.5) is 0 Å². The van der Waals surface area contributed by atoms with Crippen LogP contribution in [0.5, 0.6) is 0 Å². The fourth-order valence-corrected chi connectivity index (χ4v) is 4.87. The average molecular weight is 394 g/mol. The summed E-state index contributed by atoms with van der Waals surface area (Å²) >= 11 is 0. The third-order valence-corrected chi connectivity index (χ3v) is 6.62. The third-order valence-electron chi connectivity index (χ3n) is 6.62. The Morgan fingerprint density at radius 3 is 2.55 bits per heavy atom. The van der Waals surface area contributed by atoms with Crippen molar-refractivity contribution in [1.29, 1.82) is 0 Å². The summed E-state index contributed by atoms with van der Waals surface area (Å²) in [7, 11) is 0. The fourth-order valence-electron chi connectivity index (χ4n) is 4.87. The Balaban J connectivity index is 1.32. The first-order chi connectivity index (χ1) is 14.0. The van der Waals surface area contributed by atoms with Crippen LogP contribution in [0.15, 0.2) is 34.9 Å². The van der Waals surface area contributed by atoms with E-state index >= 15 is 0 Å². The van der Waals surface area contributed by atoms with Crippen LogP contribution in [-0.2, 0) is 21.4 Å². The lowest BCUT2D eigenvalue weighted by atomic mass is 9.81. The van der Waals surface area contributed by atoms with Gasteiger partial charge in [0.2, 0.25) is 17.7 Å². The maximum atomic E-state index is 12.9. The van der Waals surface area contributed by atoms with Crippen LogP contribution in [0, 0.1) is 18.8 Å². The van der Waals surface area contributed by atoms with Gasteiger partial charge in [-0.15, -0.1) is 0 Å². The summed E-state index contributed by atoms with van der Waals surface area (Å²) in [5.41, 5.74) is 0.734. The van der Waals surface area contributed by atoms with Crippen LogP contribution in [-0.4, -0.2) is 57.9 Å². The van der Waals surface area contributed by atoms with Crippen molar-refractivity contribution in [3.05, 3.63) is 47.6 Å². The van der Waals surface area contributed by atoms with Gasteiger partial charge in [-0.3, -0.25) is 9.59 Å². The van der Waals surface area contributed by atoms with Gasteiger partial charge >= 0.3 is 0 Å². The van der Waals surface area contributed by atoms with E-state index < -0.39 is 5.41 Å². The Morgan fingerprint density at radius 1 is 1.14 bits per heavy atom. The zero-order chi connectivity index (χ0) is 20.0. The van der Waals surface area contributed by atoms with E-state index in [1.54, 1.807) is 6.92 Å². The Morgan fingerprint density at radius 2 is 1.86 bits per heavy atom. The van der Waals surface area contributed by atoms with Crippen molar-refractivity contribution in [3.63, 3.8) is 0 Å². The van der Waals surface area contributed by atoms with Crippen LogP contribution < -0.4 is 0 Å². The first kappa shape index (κ1) is 18.3. The molecule has 7 nitrogen and oxygen atoms in total. The molecule has 0 bridgehead atoms. The van der Waals surface area contributed by atoms with E-state index in [1.165, 1.54) is 5.56 Å². The molecule has 2 atom stereocenters. The number of hydrogen-bond donors (Lipinski definition) is 0. The van der Waals surface area contributed by atoms with Crippen LogP contribution in [0.3, 0.4) is 0 Å². The van der Waals surface area contributed by atoms with Gasteiger partial charge in [0.15, 0.2) is 5.82 Å². The van der Waals surface area contributed by atoms with E-state index in [0.717, 1.165) is 19.3 Å². The SMILES string of the molecule is Cc1noc([C@]23CN(C(=O)CCc4ccccc4)C[C@H]2CN(C(=O)C2CC2)C3)n1. The Kier molecular flexibility index (Phi) is 4.41. The van der Waals surface area contributed by atoms with Crippen molar-refractivity contribution in [2.45, 2.75) is 38.0 Å². The van der Waals surface area contributed by atoms with Crippen molar-refractivity contribution in [2.75, 3.05) is 26.2 Å². The number of fused-ring (bicyclic) bond motifs is 1. The normalized spacial score (nSPS) is 26.0. The maximum absolute atomic E-state index is 12.9. The fraction of sp³-hybridized carbons (Fsp3) is 0.545. The number of nitrogens with zero attached hydrogens (tertiary/aromatic N) is 4. The molecule has 2 aliphatic heterocycles. The number of carbonyl (C=O) groups excluding carboxylic acids is 2. The molecule has 1 aromatic heterocycles. The zero-order valence-corrected chi connectivity index (χ0v) is 16.7. The molecular weight excluding hydrogens is 368 g/mol. The van der Waals surface area contributed by atoms with Gasteiger partial charge in [0, 0.05) is 44.4 Å². The largest absolute Gasteiger partial charge is 0.341 e. The molecule has 0 radical (unpaired) electrons. The number of hydrogen-bond acceptors (Lipinski definition) is 5. The lowest BCUT2D eigenvalue weighted by Crippen LogP contribution is -2.41. The zero-order valence-electron chi connectivity index (χ0n) is 16.7. The number of rotatable bonds is 5. The minimum absolute atomic E-state index is 0.144. The van der Waals surface area contributed by atoms with E-state index in [0.29, 0.717) is 44.3 Å². The second-order valence-electron chi connectivity index (χ2n) is 8.75. The Labute approximate surface area is 170 Å². The molecule has 0 N–H and O–H groups in total. The molecule has 2 amide bonds. The highest BCUT2D eigenvalue weighted by molar-refractivity contribution is 5.82. The lowest BCUT2D eigenvalue weighted by molar-refractivity contribution is -0.132. The molecule has 1 aliphatic carbocycles. The summed E-state index contributed by atoms with van der Waals surface area (Å²) < 4.78 is 5.58. The molecule has 0 unspecified atom stereocenters. The summed E-state index contributed by atoms with van der Waals surface area (Å²) in [6.45, 7) is 4.22. The lowest BCUT2D eigenvalue weighted by Gasteiger charge is -2.26. The Bertz CT molecular complexity index is 923. The van der Waals surface area contributed by atoms with Gasteiger partial charge in [-0.25, -0.2) is 0 Å². The summed E-state index contributed by atoms with van der Waals surface area (Å²) in [5.74, 6) is 1.90. The van der Waals surface area contributed by atoms with Crippen LogP contribution in [0.2, 0.25) is 0 Å². The van der Waals surface area contributed by atoms with Crippen molar-refractivity contribution >= 4 is 11.8 Å². The Hall–Kier alpha value is -2.70. The molecule has 2 saturated heterocycles. The van der Waals surface area contributed by atoms with Crippen molar-refractivity contribution in [3.8, 4) is 0 Å². The quantitative estimate of drug-likeness (QED) is 0.775. The maximum Gasteiger partial charge on any atom is 0.236 e. The first-order valence-electron chi connectivity index (χ1n) is 10.5. The predicted molar refractivity (Wildman–Crippen MR) is 105 cm³/mol. The highest BCUT2D eigenvalue weighted by atomic mass is 16.5. The van der Waals surface area contributed by atoms with E-state index in [-0.39, 0.29) is 23.7 Å². The van der Waals surface area contributed by atoms with Crippen LogP contribution in [0.25, 0.3) is 0 Å². The smallest absolute Gasteiger partial charge is 0.236 e. The summed E-state index contributed by atoms with van der Waals surface area (Å²) in [6.07, 6.45) is 3.22. The average Bonchev–Trinajstić information content (AvgIpc) is 3.22. The standard InChI is InChI=1S/C22H26N4O3/c1-15-23-21(29-24-15)22-13-25(19(27)10-7-16-5-3-2-4-6-16)11-18(22)12-26(14-22)20(28)17-8-9-17/h2-6,17-18H,7-14H2,1H3/t18-,22-/m0/s1. The number of aromatic nitrogens is 2. The third kappa shape index (κ3) is 3.32. The topological polar surface area (TPSA) is 79.5 Å². The molecule has 29 heavy (non-hydrogen) atoms. The number of aryl methyl sites for hydroxylation is 2. The minimum atomic E-state index is -0.436. The van der Waals surface area contributed by atoms with E-state index in [4.69, 9.17) is 4.52 Å². The molecule has 5 rings (SSSR count). The van der Waals surface area contributed by atoms with Crippen molar-refractivity contribution in [1.82, 2.24) is 19.9 Å². The van der Waals surface area contributed by atoms with E-state index in [9.17, 15) is 9.59 Å². The van der Waals surface area contributed by atoms with Crippen LogP contribution in [0.1, 0.15) is 36.5 Å². The second kappa shape index (κ2) is 6.97. The number of benzene rings is 1. The summed E-state index contributed by atoms with van der Waals surface area (Å²) in [4.78, 5) is 34.0. The summed E-state index contributed by atoms with van der Waals surface area (Å²) in [6, 6.07) is 10.1. The summed E-state index contributed by atoms with van der Waals surface area (Å²) in [5, 5.41) is 3.99. The van der Waals surface area contributed by atoms with Gasteiger partial charge < -0.3 is 14.3 Å². The molecule has 1 saturated carbocycles. The number of amides is 2.